The molecule has 1 heterocycles. The number of thiazole rings is 1. The lowest BCUT2D eigenvalue weighted by molar-refractivity contribution is -0.385. The van der Waals surface area contributed by atoms with Gasteiger partial charge in [0.05, 0.1) is 29.3 Å². The molecule has 12 heteroatoms. The van der Waals surface area contributed by atoms with E-state index in [0.29, 0.717) is 17.1 Å². The largest absolute Gasteiger partial charge is 0.493 e. The number of methoxy groups -OCH3 is 1. The van der Waals surface area contributed by atoms with Crippen LogP contribution < -0.4 is 19.5 Å². The predicted octanol–water partition coefficient (Wildman–Crippen LogP) is 3.36. The Morgan fingerprint density at radius 3 is 2.47 bits per heavy atom. The molecule has 0 spiro atoms. The van der Waals surface area contributed by atoms with Crippen molar-refractivity contribution in [3.8, 4) is 17.2 Å². The van der Waals surface area contributed by atoms with Crippen LogP contribution in [0.2, 0.25) is 0 Å². The number of rotatable bonds is 10. The van der Waals surface area contributed by atoms with Crippen LogP contribution in [0.4, 0.5) is 11.4 Å². The summed E-state index contributed by atoms with van der Waals surface area (Å²) in [4.78, 5) is 40.9. The smallest absolute Gasteiger partial charge is 0.286 e. The second-order valence-electron chi connectivity index (χ2n) is 7.10. The molecule has 1 N–H and O–H groups in total. The molecule has 11 nitrogen and oxygen atoms in total. The van der Waals surface area contributed by atoms with Gasteiger partial charge in [0.25, 0.3) is 17.5 Å². The number of nitrogens with zero attached hydrogens (tertiary/aromatic N) is 3. The maximum atomic E-state index is 12.8. The Balaban J connectivity index is 1.75. The molecular weight excluding hydrogens is 464 g/mol. The third kappa shape index (κ3) is 6.19. The first kappa shape index (κ1) is 24.5. The van der Waals surface area contributed by atoms with E-state index in [1.807, 2.05) is 0 Å². The summed E-state index contributed by atoms with van der Waals surface area (Å²) in [6.45, 7) is -0.0291. The molecule has 178 valence electrons. The van der Waals surface area contributed by atoms with E-state index in [1.165, 1.54) is 29.4 Å². The average molecular weight is 487 g/mol. The number of aromatic nitrogens is 1. The van der Waals surface area contributed by atoms with Gasteiger partial charge in [0.2, 0.25) is 0 Å². The molecule has 34 heavy (non-hydrogen) atoms. The number of carbonyl (C=O) groups excluding carboxylic acids is 2. The molecule has 2 aromatic carbocycles. The molecule has 0 saturated heterocycles. The Hall–Kier alpha value is -4.19. The summed E-state index contributed by atoms with van der Waals surface area (Å²) in [6.07, 6.45) is 0. The lowest BCUT2D eigenvalue weighted by atomic mass is 10.1. The Morgan fingerprint density at radius 1 is 1.15 bits per heavy atom. The molecule has 0 bridgehead atoms. The van der Waals surface area contributed by atoms with Crippen LogP contribution in [0.5, 0.6) is 17.2 Å². The van der Waals surface area contributed by atoms with E-state index >= 15 is 0 Å². The van der Waals surface area contributed by atoms with Crippen LogP contribution in [-0.4, -0.2) is 54.4 Å². The van der Waals surface area contributed by atoms with Crippen molar-refractivity contribution in [2.75, 3.05) is 33.1 Å². The number of anilines is 1. The fourth-order valence-electron chi connectivity index (χ4n) is 2.72. The van der Waals surface area contributed by atoms with Crippen molar-refractivity contribution < 1.29 is 28.7 Å². The first-order chi connectivity index (χ1) is 16.3. The molecule has 3 rings (SSSR count). The Morgan fingerprint density at radius 2 is 1.88 bits per heavy atom. The summed E-state index contributed by atoms with van der Waals surface area (Å²) in [7, 11) is 4.62. The first-order valence-corrected chi connectivity index (χ1v) is 10.8. The number of nitrogens with one attached hydrogen (secondary N) is 1. The van der Waals surface area contributed by atoms with Gasteiger partial charge in [0, 0.05) is 31.2 Å². The number of nitro benzene ring substituents is 1. The summed E-state index contributed by atoms with van der Waals surface area (Å²) in [5.74, 6) is -0.180. The van der Waals surface area contributed by atoms with Gasteiger partial charge in [-0.05, 0) is 24.3 Å². The third-order valence-corrected chi connectivity index (χ3v) is 5.19. The van der Waals surface area contributed by atoms with Crippen molar-refractivity contribution in [1.82, 2.24) is 9.88 Å². The van der Waals surface area contributed by atoms with Crippen LogP contribution in [0, 0.1) is 10.1 Å². The van der Waals surface area contributed by atoms with Gasteiger partial charge in [0.15, 0.2) is 18.1 Å². The SMILES string of the molecule is COc1cc(C(=O)Nc2ccc(OCC(=O)N(C)C)cc2)c([N+](=O)[O-])cc1OCc1cscn1. The van der Waals surface area contributed by atoms with Crippen molar-refractivity contribution in [2.45, 2.75) is 6.61 Å². The van der Waals surface area contributed by atoms with Crippen molar-refractivity contribution in [3.05, 3.63) is 68.7 Å². The quantitative estimate of drug-likeness (QED) is 0.341. The van der Waals surface area contributed by atoms with Crippen LogP contribution >= 0.6 is 11.3 Å². The molecule has 0 unspecified atom stereocenters. The van der Waals surface area contributed by atoms with Gasteiger partial charge < -0.3 is 24.4 Å². The van der Waals surface area contributed by atoms with Gasteiger partial charge in [-0.15, -0.1) is 11.3 Å². The van der Waals surface area contributed by atoms with Gasteiger partial charge in [-0.3, -0.25) is 19.7 Å². The highest BCUT2D eigenvalue weighted by Gasteiger charge is 2.25. The van der Waals surface area contributed by atoms with Gasteiger partial charge in [-0.2, -0.15) is 0 Å². The molecule has 0 radical (unpaired) electrons. The number of carbonyl (C=O) groups is 2. The molecule has 3 aromatic rings. The standard InChI is InChI=1S/C22H22N4O7S/c1-25(2)21(27)11-32-16-6-4-14(5-7-16)24-22(28)17-8-19(31-3)20(9-18(17)26(29)30)33-10-15-12-34-13-23-15/h4-9,12-13H,10-11H2,1-3H3,(H,24,28). The molecule has 0 aliphatic carbocycles. The van der Waals surface area contributed by atoms with Crippen LogP contribution in [0.1, 0.15) is 16.1 Å². The zero-order chi connectivity index (χ0) is 24.7. The summed E-state index contributed by atoms with van der Waals surface area (Å²) in [5.41, 5.74) is 2.06. The number of nitro groups is 1. The minimum absolute atomic E-state index is 0.0944. The second-order valence-corrected chi connectivity index (χ2v) is 7.82. The minimum atomic E-state index is -0.701. The minimum Gasteiger partial charge on any atom is -0.493 e. The summed E-state index contributed by atoms with van der Waals surface area (Å²) in [6, 6.07) is 8.67. The van der Waals surface area contributed by atoms with E-state index < -0.39 is 16.5 Å². The summed E-state index contributed by atoms with van der Waals surface area (Å²) >= 11 is 1.40. The van der Waals surface area contributed by atoms with Crippen LogP contribution in [0.25, 0.3) is 0 Å². The van der Waals surface area contributed by atoms with Crippen LogP contribution in [0.15, 0.2) is 47.3 Å². The fraction of sp³-hybridized carbons (Fsp3) is 0.227. The topological polar surface area (TPSA) is 133 Å². The van der Waals surface area contributed by atoms with Crippen LogP contribution in [0.3, 0.4) is 0 Å². The van der Waals surface area contributed by atoms with Crippen molar-refractivity contribution in [3.63, 3.8) is 0 Å². The van der Waals surface area contributed by atoms with E-state index in [9.17, 15) is 19.7 Å². The molecule has 2 amide bonds. The number of amides is 2. The monoisotopic (exact) mass is 486 g/mol. The lowest BCUT2D eigenvalue weighted by Gasteiger charge is -2.13. The van der Waals surface area contributed by atoms with E-state index in [0.717, 1.165) is 6.07 Å². The number of likely N-dealkylation sites (N-methyl/N-ethyl adjacent to an activating group) is 1. The highest BCUT2D eigenvalue weighted by molar-refractivity contribution is 7.07. The molecule has 0 atom stereocenters. The van der Waals surface area contributed by atoms with Gasteiger partial charge in [0.1, 0.15) is 17.9 Å². The van der Waals surface area contributed by atoms with E-state index in [2.05, 4.69) is 10.3 Å². The second kappa shape index (κ2) is 11.1. The molecule has 0 aliphatic rings. The highest BCUT2D eigenvalue weighted by Crippen LogP contribution is 2.35. The van der Waals surface area contributed by atoms with Crippen molar-refractivity contribution in [1.29, 1.82) is 0 Å². The van der Waals surface area contributed by atoms with Crippen molar-refractivity contribution in [2.24, 2.45) is 0 Å². The van der Waals surface area contributed by atoms with Crippen LogP contribution in [-0.2, 0) is 11.4 Å². The highest BCUT2D eigenvalue weighted by atomic mass is 32.1. The predicted molar refractivity (Wildman–Crippen MR) is 125 cm³/mol. The summed E-state index contributed by atoms with van der Waals surface area (Å²) < 4.78 is 16.3. The number of ether oxygens (including phenoxy) is 3. The van der Waals surface area contributed by atoms with Gasteiger partial charge >= 0.3 is 0 Å². The normalized spacial score (nSPS) is 10.3. The van der Waals surface area contributed by atoms with E-state index in [4.69, 9.17) is 14.2 Å². The molecule has 0 aliphatic heterocycles. The summed E-state index contributed by atoms with van der Waals surface area (Å²) in [5, 5.41) is 16.1. The number of hydrogen-bond acceptors (Lipinski definition) is 9. The Labute approximate surface area is 199 Å². The van der Waals surface area contributed by atoms with Gasteiger partial charge in [-0.25, -0.2) is 4.98 Å². The molecule has 1 aromatic heterocycles. The fourth-order valence-corrected chi connectivity index (χ4v) is 3.27. The lowest BCUT2D eigenvalue weighted by Crippen LogP contribution is -2.27. The zero-order valence-electron chi connectivity index (χ0n) is 18.6. The Kier molecular flexibility index (Phi) is 7.98. The first-order valence-electron chi connectivity index (χ1n) is 9.89. The zero-order valence-corrected chi connectivity index (χ0v) is 19.5. The molecular formula is C22H22N4O7S. The Bertz CT molecular complexity index is 1160. The van der Waals surface area contributed by atoms with E-state index in [-0.39, 0.29) is 36.2 Å². The molecule has 0 fully saturated rings. The maximum absolute atomic E-state index is 12.8. The third-order valence-electron chi connectivity index (χ3n) is 4.56. The number of hydrogen-bond donors (Lipinski definition) is 1. The van der Waals surface area contributed by atoms with Crippen molar-refractivity contribution >= 4 is 34.5 Å². The number of benzene rings is 2. The van der Waals surface area contributed by atoms with E-state index in [1.54, 1.807) is 49.3 Å². The average Bonchev–Trinajstić information content (AvgIpc) is 3.35. The molecule has 0 saturated carbocycles. The van der Waals surface area contributed by atoms with Gasteiger partial charge in [-0.1, -0.05) is 0 Å². The maximum Gasteiger partial charge on any atom is 0.286 e.